The van der Waals surface area contributed by atoms with Gasteiger partial charge in [0, 0.05) is 25.7 Å². The van der Waals surface area contributed by atoms with Gasteiger partial charge in [0.2, 0.25) is 0 Å². The summed E-state index contributed by atoms with van der Waals surface area (Å²) in [5.74, 6) is 0.603. The second kappa shape index (κ2) is 4.46. The van der Waals surface area contributed by atoms with Crippen molar-refractivity contribution < 1.29 is 4.79 Å². The number of carbonyl (C=O) groups is 1. The minimum absolute atomic E-state index is 0.284. The van der Waals surface area contributed by atoms with Gasteiger partial charge in [0.15, 0.2) is 0 Å². The number of primary amides is 1. The Morgan fingerprint density at radius 1 is 1.69 bits per heavy atom. The summed E-state index contributed by atoms with van der Waals surface area (Å²) in [4.78, 5) is 12.8. The van der Waals surface area contributed by atoms with Crippen molar-refractivity contribution in [3.05, 3.63) is 0 Å². The van der Waals surface area contributed by atoms with Crippen molar-refractivity contribution in [3.63, 3.8) is 0 Å². The molecule has 3 N–H and O–H groups in total. The van der Waals surface area contributed by atoms with E-state index >= 15 is 0 Å². The summed E-state index contributed by atoms with van der Waals surface area (Å²) in [6.45, 7) is 6.80. The summed E-state index contributed by atoms with van der Waals surface area (Å²) in [7, 11) is 0. The second-order valence-corrected chi connectivity index (χ2v) is 4.02. The van der Waals surface area contributed by atoms with E-state index in [0.717, 1.165) is 26.1 Å². The quantitative estimate of drug-likeness (QED) is 0.653. The van der Waals surface area contributed by atoms with Crippen LogP contribution >= 0.6 is 0 Å². The normalized spacial score (nSPS) is 23.6. The molecule has 0 aromatic carbocycles. The summed E-state index contributed by atoms with van der Waals surface area (Å²) in [6, 6.07) is -0.00148. The van der Waals surface area contributed by atoms with Gasteiger partial charge in [-0.3, -0.25) is 0 Å². The number of nitrogens with one attached hydrogen (secondary N) is 1. The lowest BCUT2D eigenvalue weighted by Crippen LogP contribution is -2.55. The molecule has 1 aliphatic rings. The number of carbonyl (C=O) groups excluding carboxylic acids is 1. The smallest absolute Gasteiger partial charge is 0.315 e. The van der Waals surface area contributed by atoms with E-state index in [1.807, 2.05) is 0 Å². The Labute approximate surface area is 79.5 Å². The van der Waals surface area contributed by atoms with E-state index in [1.165, 1.54) is 0 Å². The highest BCUT2D eigenvalue weighted by molar-refractivity contribution is 5.72. The van der Waals surface area contributed by atoms with Gasteiger partial charge in [0.05, 0.1) is 0 Å². The van der Waals surface area contributed by atoms with Crippen molar-refractivity contribution in [1.29, 1.82) is 0 Å². The molecule has 1 aliphatic heterocycles. The summed E-state index contributed by atoms with van der Waals surface area (Å²) in [5.41, 5.74) is 5.29. The third-order valence-electron chi connectivity index (χ3n) is 2.38. The molecule has 0 bridgehead atoms. The number of hydrogen-bond donors (Lipinski definition) is 2. The molecule has 0 radical (unpaired) electrons. The first-order chi connectivity index (χ1) is 6.11. The maximum atomic E-state index is 11.1. The molecule has 2 amide bonds. The molecule has 76 valence electrons. The van der Waals surface area contributed by atoms with Gasteiger partial charge in [-0.15, -0.1) is 0 Å². The standard InChI is InChI=1S/C9H19N3O/c1-7(2)5-8-6-11-3-4-12(8)9(10)13/h7-8,11H,3-6H2,1-2H3,(H2,10,13). The van der Waals surface area contributed by atoms with Crippen molar-refractivity contribution in [2.24, 2.45) is 11.7 Å². The first-order valence-corrected chi connectivity index (χ1v) is 4.88. The summed E-state index contributed by atoms with van der Waals surface area (Å²) >= 11 is 0. The van der Waals surface area contributed by atoms with Gasteiger partial charge in [0.1, 0.15) is 0 Å². The highest BCUT2D eigenvalue weighted by Gasteiger charge is 2.24. The van der Waals surface area contributed by atoms with Crippen LogP contribution in [0, 0.1) is 5.92 Å². The molecule has 4 nitrogen and oxygen atoms in total. The molecule has 0 aliphatic carbocycles. The molecule has 0 saturated carbocycles. The van der Waals surface area contributed by atoms with E-state index in [-0.39, 0.29) is 12.1 Å². The van der Waals surface area contributed by atoms with E-state index in [0.29, 0.717) is 5.92 Å². The molecule has 13 heavy (non-hydrogen) atoms. The Hall–Kier alpha value is -0.770. The highest BCUT2D eigenvalue weighted by atomic mass is 16.2. The molecular formula is C9H19N3O. The molecule has 1 fully saturated rings. The number of urea groups is 1. The molecule has 1 saturated heterocycles. The maximum absolute atomic E-state index is 11.1. The SMILES string of the molecule is CC(C)CC1CNCCN1C(N)=O. The Kier molecular flexibility index (Phi) is 3.54. The lowest BCUT2D eigenvalue weighted by atomic mass is 10.0. The van der Waals surface area contributed by atoms with Crippen LogP contribution in [0.1, 0.15) is 20.3 Å². The fraction of sp³-hybridized carbons (Fsp3) is 0.889. The lowest BCUT2D eigenvalue weighted by molar-refractivity contribution is 0.155. The van der Waals surface area contributed by atoms with Gasteiger partial charge in [-0.05, 0) is 12.3 Å². The molecule has 4 heteroatoms. The summed E-state index contributed by atoms with van der Waals surface area (Å²) < 4.78 is 0. The van der Waals surface area contributed by atoms with Gasteiger partial charge in [0.25, 0.3) is 0 Å². The fourth-order valence-electron chi connectivity index (χ4n) is 1.81. The van der Waals surface area contributed by atoms with Crippen LogP contribution in [0.3, 0.4) is 0 Å². The van der Waals surface area contributed by atoms with Crippen molar-refractivity contribution >= 4 is 6.03 Å². The maximum Gasteiger partial charge on any atom is 0.315 e. The van der Waals surface area contributed by atoms with Gasteiger partial charge in [-0.25, -0.2) is 4.79 Å². The molecule has 1 heterocycles. The Morgan fingerprint density at radius 2 is 2.38 bits per heavy atom. The van der Waals surface area contributed by atoms with Crippen LogP contribution in [-0.2, 0) is 0 Å². The zero-order chi connectivity index (χ0) is 9.84. The Bertz CT molecular complexity index is 182. The van der Waals surface area contributed by atoms with Crippen LogP contribution in [0.4, 0.5) is 4.79 Å². The summed E-state index contributed by atoms with van der Waals surface area (Å²) in [5, 5.41) is 3.28. The third kappa shape index (κ3) is 2.88. The van der Waals surface area contributed by atoms with Crippen molar-refractivity contribution in [2.45, 2.75) is 26.3 Å². The Balaban J connectivity index is 2.51. The highest BCUT2D eigenvalue weighted by Crippen LogP contribution is 2.12. The summed E-state index contributed by atoms with van der Waals surface area (Å²) in [6.07, 6.45) is 1.02. The van der Waals surface area contributed by atoms with Crippen LogP contribution in [0.15, 0.2) is 0 Å². The topological polar surface area (TPSA) is 58.4 Å². The van der Waals surface area contributed by atoms with Crippen LogP contribution in [0.5, 0.6) is 0 Å². The van der Waals surface area contributed by atoms with Crippen molar-refractivity contribution in [3.8, 4) is 0 Å². The van der Waals surface area contributed by atoms with Crippen LogP contribution in [0.25, 0.3) is 0 Å². The minimum atomic E-state index is -0.285. The van der Waals surface area contributed by atoms with Crippen molar-refractivity contribution in [1.82, 2.24) is 10.2 Å². The third-order valence-corrected chi connectivity index (χ3v) is 2.38. The van der Waals surface area contributed by atoms with E-state index < -0.39 is 0 Å². The Morgan fingerprint density at radius 3 is 2.92 bits per heavy atom. The monoisotopic (exact) mass is 185 g/mol. The average Bonchev–Trinajstić information content (AvgIpc) is 2.03. The predicted molar refractivity (Wildman–Crippen MR) is 52.4 cm³/mol. The largest absolute Gasteiger partial charge is 0.351 e. The number of piperazine rings is 1. The molecule has 0 aromatic heterocycles. The number of hydrogen-bond acceptors (Lipinski definition) is 2. The zero-order valence-corrected chi connectivity index (χ0v) is 8.42. The molecule has 0 spiro atoms. The molecular weight excluding hydrogens is 166 g/mol. The number of nitrogens with zero attached hydrogens (tertiary/aromatic N) is 1. The molecule has 1 rings (SSSR count). The van der Waals surface area contributed by atoms with Crippen LogP contribution in [0.2, 0.25) is 0 Å². The fourth-order valence-corrected chi connectivity index (χ4v) is 1.81. The number of rotatable bonds is 2. The first-order valence-electron chi connectivity index (χ1n) is 4.88. The van der Waals surface area contributed by atoms with Gasteiger partial charge < -0.3 is 16.0 Å². The van der Waals surface area contributed by atoms with E-state index in [2.05, 4.69) is 19.2 Å². The van der Waals surface area contributed by atoms with Gasteiger partial charge >= 0.3 is 6.03 Å². The number of nitrogens with two attached hydrogens (primary N) is 1. The van der Waals surface area contributed by atoms with Gasteiger partial charge in [-0.1, -0.05) is 13.8 Å². The molecule has 1 atom stereocenters. The van der Waals surface area contributed by atoms with Crippen LogP contribution < -0.4 is 11.1 Å². The minimum Gasteiger partial charge on any atom is -0.351 e. The van der Waals surface area contributed by atoms with E-state index in [9.17, 15) is 4.79 Å². The van der Waals surface area contributed by atoms with Crippen LogP contribution in [-0.4, -0.2) is 36.6 Å². The lowest BCUT2D eigenvalue weighted by Gasteiger charge is -2.35. The second-order valence-electron chi connectivity index (χ2n) is 4.02. The van der Waals surface area contributed by atoms with E-state index in [1.54, 1.807) is 4.90 Å². The zero-order valence-electron chi connectivity index (χ0n) is 8.42. The van der Waals surface area contributed by atoms with Gasteiger partial charge in [-0.2, -0.15) is 0 Å². The number of amides is 2. The first kappa shape index (κ1) is 10.3. The predicted octanol–water partition coefficient (Wildman–Crippen LogP) is 0.385. The molecule has 1 unspecified atom stereocenters. The van der Waals surface area contributed by atoms with E-state index in [4.69, 9.17) is 5.73 Å². The van der Waals surface area contributed by atoms with Crippen molar-refractivity contribution in [2.75, 3.05) is 19.6 Å². The average molecular weight is 185 g/mol. The molecule has 0 aromatic rings.